The molecule has 0 fully saturated rings. The zero-order valence-corrected chi connectivity index (χ0v) is 10.4. The number of hydrogen-bond donors (Lipinski definition) is 0. The first-order valence-electron chi connectivity index (χ1n) is 5.52. The lowest BCUT2D eigenvalue weighted by atomic mass is 9.98. The van der Waals surface area contributed by atoms with Gasteiger partial charge < -0.3 is 0 Å². The minimum absolute atomic E-state index is 0.146. The van der Waals surface area contributed by atoms with Crippen molar-refractivity contribution >= 4 is 11.9 Å². The lowest BCUT2D eigenvalue weighted by Crippen LogP contribution is -2.00. The summed E-state index contributed by atoms with van der Waals surface area (Å²) in [6, 6.07) is 9.72. The first-order valence-corrected chi connectivity index (χ1v) is 5.52. The summed E-state index contributed by atoms with van der Waals surface area (Å²) < 4.78 is 0. The predicted octanol–water partition coefficient (Wildman–Crippen LogP) is 3.47. The molecule has 0 aliphatic rings. The summed E-state index contributed by atoms with van der Waals surface area (Å²) in [4.78, 5) is 11.4. The second-order valence-corrected chi connectivity index (χ2v) is 4.73. The molecule has 1 heteroatoms. The molecule has 0 saturated carbocycles. The van der Waals surface area contributed by atoms with Crippen molar-refractivity contribution in [3.05, 3.63) is 47.7 Å². The number of ketones is 1. The molecule has 0 amide bonds. The summed E-state index contributed by atoms with van der Waals surface area (Å²) in [5.74, 6) is 5.25. The van der Waals surface area contributed by atoms with Gasteiger partial charge in [0.25, 0.3) is 0 Å². The summed E-state index contributed by atoms with van der Waals surface area (Å²) in [7, 11) is 0. The van der Waals surface area contributed by atoms with E-state index in [9.17, 15) is 4.79 Å². The maximum absolute atomic E-state index is 11.4. The standard InChI is InChI=1S/C16H16O/c1-16(2,3)13-12-15(17)11-7-10-14-8-5-4-6-9-14/h4-6,8-11H,1-3H3. The van der Waals surface area contributed by atoms with Gasteiger partial charge in [0, 0.05) is 11.5 Å². The average Bonchev–Trinajstić information content (AvgIpc) is 2.27. The fourth-order valence-electron chi connectivity index (χ4n) is 1.05. The maximum Gasteiger partial charge on any atom is 0.236 e. The van der Waals surface area contributed by atoms with Crippen LogP contribution < -0.4 is 0 Å². The molecule has 17 heavy (non-hydrogen) atoms. The van der Waals surface area contributed by atoms with Crippen LogP contribution in [0.25, 0.3) is 6.08 Å². The van der Waals surface area contributed by atoms with Gasteiger partial charge in [-0.2, -0.15) is 0 Å². The molecule has 0 heterocycles. The number of carbonyl (C=O) groups is 1. The second-order valence-electron chi connectivity index (χ2n) is 4.73. The van der Waals surface area contributed by atoms with Gasteiger partial charge in [0.05, 0.1) is 0 Å². The van der Waals surface area contributed by atoms with Crippen molar-refractivity contribution in [2.75, 3.05) is 0 Å². The third-order valence-electron chi connectivity index (χ3n) is 1.82. The molecule has 0 bridgehead atoms. The first kappa shape index (κ1) is 13.0. The van der Waals surface area contributed by atoms with E-state index in [0.29, 0.717) is 0 Å². The molecule has 1 aromatic rings. The maximum atomic E-state index is 11.4. The SMILES string of the molecule is CC(C)(C)C#CC(=O)C=C=Cc1ccccc1. The largest absolute Gasteiger partial charge is 0.279 e. The molecular weight excluding hydrogens is 208 g/mol. The van der Waals surface area contributed by atoms with Crippen molar-refractivity contribution in [3.63, 3.8) is 0 Å². The molecule has 0 atom stereocenters. The highest BCUT2D eigenvalue weighted by Gasteiger charge is 2.03. The van der Waals surface area contributed by atoms with Gasteiger partial charge in [-0.3, -0.25) is 4.79 Å². The molecule has 0 aromatic heterocycles. The van der Waals surface area contributed by atoms with Crippen LogP contribution >= 0.6 is 0 Å². The lowest BCUT2D eigenvalue weighted by Gasteiger charge is -2.05. The van der Waals surface area contributed by atoms with Crippen LogP contribution in [0.5, 0.6) is 0 Å². The Morgan fingerprint density at radius 3 is 2.41 bits per heavy atom. The van der Waals surface area contributed by atoms with E-state index in [2.05, 4.69) is 17.6 Å². The fourth-order valence-corrected chi connectivity index (χ4v) is 1.05. The Morgan fingerprint density at radius 2 is 1.82 bits per heavy atom. The Labute approximate surface area is 103 Å². The van der Waals surface area contributed by atoms with E-state index in [1.807, 2.05) is 51.1 Å². The number of benzene rings is 1. The van der Waals surface area contributed by atoms with Crippen molar-refractivity contribution in [1.82, 2.24) is 0 Å². The second kappa shape index (κ2) is 5.89. The Kier molecular flexibility index (Phi) is 4.52. The molecule has 1 nitrogen and oxygen atoms in total. The highest BCUT2D eigenvalue weighted by molar-refractivity contribution is 6.04. The van der Waals surface area contributed by atoms with Crippen LogP contribution in [0.15, 0.2) is 42.1 Å². The van der Waals surface area contributed by atoms with Gasteiger partial charge in [0.15, 0.2) is 0 Å². The first-order chi connectivity index (χ1) is 7.97. The van der Waals surface area contributed by atoms with Gasteiger partial charge in [-0.05, 0) is 38.3 Å². The Balaban J connectivity index is 2.69. The van der Waals surface area contributed by atoms with E-state index in [1.165, 1.54) is 6.08 Å². The summed E-state index contributed by atoms with van der Waals surface area (Å²) in [6.07, 6.45) is 3.13. The number of carbonyl (C=O) groups excluding carboxylic acids is 1. The van der Waals surface area contributed by atoms with Gasteiger partial charge >= 0.3 is 0 Å². The van der Waals surface area contributed by atoms with E-state index in [1.54, 1.807) is 6.08 Å². The molecule has 0 spiro atoms. The molecule has 1 aromatic carbocycles. The highest BCUT2D eigenvalue weighted by atomic mass is 16.1. The van der Waals surface area contributed by atoms with Gasteiger partial charge in [-0.1, -0.05) is 36.3 Å². The van der Waals surface area contributed by atoms with Gasteiger partial charge in [-0.15, -0.1) is 5.73 Å². The van der Waals surface area contributed by atoms with E-state index in [4.69, 9.17) is 0 Å². The van der Waals surface area contributed by atoms with Crippen LogP contribution in [-0.4, -0.2) is 5.78 Å². The fraction of sp³-hybridized carbons (Fsp3) is 0.250. The molecule has 0 N–H and O–H groups in total. The average molecular weight is 224 g/mol. The number of hydrogen-bond acceptors (Lipinski definition) is 1. The number of rotatable bonds is 2. The zero-order valence-electron chi connectivity index (χ0n) is 10.4. The van der Waals surface area contributed by atoms with Crippen LogP contribution in [0.4, 0.5) is 0 Å². The summed E-state index contributed by atoms with van der Waals surface area (Å²) in [5, 5.41) is 0. The number of allylic oxidation sites excluding steroid dienone is 1. The highest BCUT2D eigenvalue weighted by Crippen LogP contribution is 2.09. The molecule has 1 rings (SSSR count). The molecule has 86 valence electrons. The molecular formula is C16H16O. The summed E-state index contributed by atoms with van der Waals surface area (Å²) in [6.45, 7) is 5.91. The van der Waals surface area contributed by atoms with E-state index in [-0.39, 0.29) is 11.2 Å². The minimum atomic E-state index is -0.216. The third kappa shape index (κ3) is 6.20. The lowest BCUT2D eigenvalue weighted by molar-refractivity contribution is -0.109. The normalized spacial score (nSPS) is 9.59. The van der Waals surface area contributed by atoms with Crippen LogP contribution in [-0.2, 0) is 4.79 Å². The van der Waals surface area contributed by atoms with Crippen molar-refractivity contribution in [2.45, 2.75) is 20.8 Å². The summed E-state index contributed by atoms with van der Waals surface area (Å²) in [5.41, 5.74) is 3.70. The van der Waals surface area contributed by atoms with Crippen molar-refractivity contribution in [1.29, 1.82) is 0 Å². The quantitative estimate of drug-likeness (QED) is 0.325. The minimum Gasteiger partial charge on any atom is -0.279 e. The third-order valence-corrected chi connectivity index (χ3v) is 1.82. The van der Waals surface area contributed by atoms with Gasteiger partial charge in [-0.25, -0.2) is 0 Å². The topological polar surface area (TPSA) is 17.1 Å². The van der Waals surface area contributed by atoms with E-state index < -0.39 is 0 Å². The van der Waals surface area contributed by atoms with E-state index in [0.717, 1.165) is 5.56 Å². The zero-order chi connectivity index (χ0) is 12.7. The van der Waals surface area contributed by atoms with Crippen LogP contribution in [0.3, 0.4) is 0 Å². The van der Waals surface area contributed by atoms with Crippen LogP contribution in [0.2, 0.25) is 0 Å². The van der Waals surface area contributed by atoms with Crippen molar-refractivity contribution in [2.24, 2.45) is 5.41 Å². The Morgan fingerprint density at radius 1 is 1.18 bits per heavy atom. The van der Waals surface area contributed by atoms with Gasteiger partial charge in [0.2, 0.25) is 5.78 Å². The molecule has 0 saturated heterocycles. The van der Waals surface area contributed by atoms with Crippen LogP contribution in [0, 0.1) is 17.3 Å². The van der Waals surface area contributed by atoms with Crippen molar-refractivity contribution < 1.29 is 4.79 Å². The predicted molar refractivity (Wildman–Crippen MR) is 71.2 cm³/mol. The summed E-state index contributed by atoms with van der Waals surface area (Å²) >= 11 is 0. The molecule has 0 aliphatic carbocycles. The Bertz CT molecular complexity index is 498. The smallest absolute Gasteiger partial charge is 0.236 e. The molecule has 0 aliphatic heterocycles. The molecule has 0 unspecified atom stereocenters. The van der Waals surface area contributed by atoms with E-state index >= 15 is 0 Å². The monoisotopic (exact) mass is 224 g/mol. The van der Waals surface area contributed by atoms with Crippen LogP contribution in [0.1, 0.15) is 26.3 Å². The van der Waals surface area contributed by atoms with Gasteiger partial charge in [0.1, 0.15) is 0 Å². The molecule has 0 radical (unpaired) electrons. The van der Waals surface area contributed by atoms with Crippen molar-refractivity contribution in [3.8, 4) is 11.8 Å². The Hall–Kier alpha value is -2.03.